The van der Waals surface area contributed by atoms with Crippen molar-refractivity contribution in [1.82, 2.24) is 0 Å². The number of carbonyl (C=O) groups excluding carboxylic acids is 2. The molecule has 2 aromatic carbocycles. The number of ketones is 1. The van der Waals surface area contributed by atoms with Crippen molar-refractivity contribution in [3.8, 4) is 0 Å². The second-order valence-electron chi connectivity index (χ2n) is 5.91. The number of benzene rings is 2. The molecule has 29 heavy (non-hydrogen) atoms. The second kappa shape index (κ2) is 11.9. The summed E-state index contributed by atoms with van der Waals surface area (Å²) in [6.07, 6.45) is 1.15. The first kappa shape index (κ1) is 24.2. The van der Waals surface area contributed by atoms with Gasteiger partial charge in [0.1, 0.15) is 6.54 Å². The number of nitrogens with one attached hydrogen (secondary N) is 1. The molecule has 0 fully saturated rings. The lowest BCUT2D eigenvalue weighted by Gasteiger charge is -2.13. The maximum atomic E-state index is 12.3. The maximum Gasteiger partial charge on any atom is 0.334 e. The van der Waals surface area contributed by atoms with Gasteiger partial charge in [0.15, 0.2) is 5.78 Å². The molecular formula is C20H23NO7S. The smallest absolute Gasteiger partial charge is 0.334 e. The maximum absolute atomic E-state index is 12.3. The molecule has 0 spiro atoms. The fourth-order valence-electron chi connectivity index (χ4n) is 2.18. The van der Waals surface area contributed by atoms with Crippen molar-refractivity contribution >= 4 is 22.2 Å². The highest BCUT2D eigenvalue weighted by Gasteiger charge is 2.10. The standard InChI is InChI=1S/C19H19NO3.CH4O4S/c1-3-18(21)23-14-20(2)13-15-9-11-17(12-10-15)19(22)16-7-5-4-6-8-16;1-5-6(2,3)4/h3-12H,1,13-14H2,2H3;1H3,(H,2,3,4). The molecule has 2 aromatic rings. The van der Waals surface area contributed by atoms with Crippen molar-refractivity contribution in [2.24, 2.45) is 0 Å². The third-order valence-corrected chi connectivity index (χ3v) is 4.00. The van der Waals surface area contributed by atoms with E-state index in [1.807, 2.05) is 61.6 Å². The predicted molar refractivity (Wildman–Crippen MR) is 105 cm³/mol. The number of hydrogen-bond acceptors (Lipinski definition) is 7. The molecule has 0 aliphatic carbocycles. The minimum absolute atomic E-state index is 0.0118. The quantitative estimate of drug-likeness (QED) is 0.167. The molecule has 8 nitrogen and oxygen atoms in total. The Kier molecular flexibility index (Phi) is 9.90. The van der Waals surface area contributed by atoms with E-state index in [1.165, 1.54) is 0 Å². The Morgan fingerprint density at radius 3 is 2.07 bits per heavy atom. The van der Waals surface area contributed by atoms with Crippen LogP contribution < -0.4 is 4.90 Å². The number of carbonyl (C=O) groups is 2. The van der Waals surface area contributed by atoms with Gasteiger partial charge in [-0.1, -0.05) is 61.2 Å². The predicted octanol–water partition coefficient (Wildman–Crippen LogP) is 0.712. The second-order valence-corrected chi connectivity index (χ2v) is 7.06. The van der Waals surface area contributed by atoms with Crippen LogP contribution in [0.4, 0.5) is 0 Å². The minimum Gasteiger partial charge on any atom is -0.726 e. The number of esters is 1. The third kappa shape index (κ3) is 9.77. The van der Waals surface area contributed by atoms with Gasteiger partial charge >= 0.3 is 5.97 Å². The van der Waals surface area contributed by atoms with E-state index in [2.05, 4.69) is 10.8 Å². The first-order valence-electron chi connectivity index (χ1n) is 8.47. The molecule has 9 heteroatoms. The summed E-state index contributed by atoms with van der Waals surface area (Å²) in [5, 5.41) is 0. The van der Waals surface area contributed by atoms with E-state index in [-0.39, 0.29) is 12.5 Å². The van der Waals surface area contributed by atoms with Gasteiger partial charge in [-0.3, -0.25) is 8.98 Å². The molecule has 2 rings (SSSR count). The van der Waals surface area contributed by atoms with E-state index in [0.717, 1.165) is 23.6 Å². The Morgan fingerprint density at radius 2 is 1.59 bits per heavy atom. The molecule has 0 heterocycles. The lowest BCUT2D eigenvalue weighted by atomic mass is 10.0. The molecule has 1 N–H and O–H groups in total. The summed E-state index contributed by atoms with van der Waals surface area (Å²) >= 11 is 0. The Labute approximate surface area is 170 Å². The number of hydrogen-bond donors (Lipinski definition) is 1. The zero-order chi connectivity index (χ0) is 21.9. The van der Waals surface area contributed by atoms with Gasteiger partial charge in [-0.2, -0.15) is 0 Å². The van der Waals surface area contributed by atoms with Gasteiger partial charge in [0.2, 0.25) is 17.1 Å². The van der Waals surface area contributed by atoms with Crippen LogP contribution in [0.2, 0.25) is 0 Å². The van der Waals surface area contributed by atoms with Crippen molar-refractivity contribution in [1.29, 1.82) is 0 Å². The molecule has 0 radical (unpaired) electrons. The Morgan fingerprint density at radius 1 is 1.07 bits per heavy atom. The molecule has 0 aliphatic heterocycles. The molecule has 0 saturated heterocycles. The summed E-state index contributed by atoms with van der Waals surface area (Å²) in [4.78, 5) is 24.4. The lowest BCUT2D eigenvalue weighted by molar-refractivity contribution is -0.911. The molecule has 0 saturated carbocycles. The molecular weight excluding hydrogens is 398 g/mol. The average molecular weight is 421 g/mol. The summed E-state index contributed by atoms with van der Waals surface area (Å²) in [6.45, 7) is 4.33. The Hall–Kier alpha value is -2.85. The van der Waals surface area contributed by atoms with Crippen molar-refractivity contribution in [2.45, 2.75) is 6.54 Å². The first-order valence-corrected chi connectivity index (χ1v) is 9.80. The summed E-state index contributed by atoms with van der Waals surface area (Å²) in [7, 11) is -1.67. The molecule has 0 aliphatic rings. The molecule has 0 aromatic heterocycles. The Bertz CT molecular complexity index is 910. The first-order chi connectivity index (χ1) is 13.7. The van der Waals surface area contributed by atoms with Crippen LogP contribution in [0.5, 0.6) is 0 Å². The minimum atomic E-state index is -4.41. The van der Waals surface area contributed by atoms with Crippen LogP contribution in [0.15, 0.2) is 67.3 Å². The van der Waals surface area contributed by atoms with Crippen molar-refractivity contribution in [2.75, 3.05) is 20.9 Å². The topological polar surface area (TPSA) is 114 Å². The zero-order valence-corrected chi connectivity index (χ0v) is 17.0. The van der Waals surface area contributed by atoms with Crippen LogP contribution in [0.3, 0.4) is 0 Å². The highest BCUT2D eigenvalue weighted by Crippen LogP contribution is 2.10. The largest absolute Gasteiger partial charge is 0.726 e. The van der Waals surface area contributed by atoms with Crippen LogP contribution in [0, 0.1) is 0 Å². The fraction of sp³-hybridized carbons (Fsp3) is 0.200. The van der Waals surface area contributed by atoms with Crippen LogP contribution in [-0.4, -0.2) is 45.6 Å². The molecule has 1 atom stereocenters. The van der Waals surface area contributed by atoms with Gasteiger partial charge in [-0.25, -0.2) is 13.2 Å². The van der Waals surface area contributed by atoms with Crippen molar-refractivity contribution in [3.63, 3.8) is 0 Å². The van der Waals surface area contributed by atoms with E-state index >= 15 is 0 Å². The summed E-state index contributed by atoms with van der Waals surface area (Å²) in [5.41, 5.74) is 2.41. The molecule has 0 amide bonds. The molecule has 156 valence electrons. The van der Waals surface area contributed by atoms with Gasteiger partial charge in [0.05, 0.1) is 14.2 Å². The fourth-order valence-corrected chi connectivity index (χ4v) is 2.18. The summed E-state index contributed by atoms with van der Waals surface area (Å²) in [6, 6.07) is 16.7. The van der Waals surface area contributed by atoms with Crippen LogP contribution >= 0.6 is 0 Å². The van der Waals surface area contributed by atoms with E-state index in [9.17, 15) is 22.6 Å². The number of quaternary nitrogens is 1. The lowest BCUT2D eigenvalue weighted by Crippen LogP contribution is -3.08. The highest BCUT2D eigenvalue weighted by molar-refractivity contribution is 7.80. The van der Waals surface area contributed by atoms with E-state index in [1.54, 1.807) is 0 Å². The normalized spacial score (nSPS) is 11.6. The molecule has 1 unspecified atom stereocenters. The van der Waals surface area contributed by atoms with E-state index < -0.39 is 16.4 Å². The van der Waals surface area contributed by atoms with Gasteiger partial charge in [0, 0.05) is 22.8 Å². The van der Waals surface area contributed by atoms with E-state index in [4.69, 9.17) is 4.74 Å². The van der Waals surface area contributed by atoms with E-state index in [0.29, 0.717) is 17.7 Å². The SMILES string of the molecule is C=CC(=O)OC[NH+](C)Cc1ccc(C(=O)c2ccccc2)cc1.COS(=O)(=O)[O-]. The van der Waals surface area contributed by atoms with Crippen molar-refractivity contribution < 1.29 is 36.4 Å². The van der Waals surface area contributed by atoms with Gasteiger partial charge in [0.25, 0.3) is 0 Å². The number of rotatable bonds is 8. The molecule has 0 bridgehead atoms. The summed E-state index contributed by atoms with van der Waals surface area (Å²) in [5.74, 6) is -0.411. The van der Waals surface area contributed by atoms with Crippen molar-refractivity contribution in [3.05, 3.63) is 83.9 Å². The Balaban J connectivity index is 0.000000612. The zero-order valence-electron chi connectivity index (χ0n) is 16.2. The van der Waals surface area contributed by atoms with Crippen LogP contribution in [-0.2, 0) is 30.7 Å². The highest BCUT2D eigenvalue weighted by atomic mass is 32.3. The van der Waals surface area contributed by atoms with Crippen LogP contribution in [0.25, 0.3) is 0 Å². The van der Waals surface area contributed by atoms with Gasteiger partial charge < -0.3 is 14.2 Å². The van der Waals surface area contributed by atoms with Crippen LogP contribution in [0.1, 0.15) is 21.5 Å². The average Bonchev–Trinajstić information content (AvgIpc) is 2.72. The van der Waals surface area contributed by atoms with Gasteiger partial charge in [-0.05, 0) is 0 Å². The monoisotopic (exact) mass is 421 g/mol. The van der Waals surface area contributed by atoms with Gasteiger partial charge in [-0.15, -0.1) is 0 Å². The number of ether oxygens (including phenoxy) is 1. The summed E-state index contributed by atoms with van der Waals surface area (Å²) < 4.78 is 36.0. The third-order valence-electron chi connectivity index (χ3n) is 3.59.